The third kappa shape index (κ3) is 14.3. The van der Waals surface area contributed by atoms with Crippen LogP contribution in [0.2, 0.25) is 0 Å². The number of carbonyl (C=O) groups is 5. The van der Waals surface area contributed by atoms with E-state index in [4.69, 9.17) is 33.2 Å². The minimum Gasteiger partial charge on any atom is -0.463 e. The smallest absolute Gasteiger partial charge is 0.347 e. The molecule has 1 heterocycles. The molecule has 5 unspecified atom stereocenters. The highest BCUT2D eigenvalue weighted by Gasteiger charge is 2.63. The van der Waals surface area contributed by atoms with E-state index in [1.165, 1.54) is 44.9 Å². The minimum absolute atomic E-state index is 0.0335. The highest BCUT2D eigenvalue weighted by molar-refractivity contribution is 5.83. The van der Waals surface area contributed by atoms with Crippen molar-refractivity contribution >= 4 is 29.8 Å². The van der Waals surface area contributed by atoms with Gasteiger partial charge in [0.25, 0.3) is 0 Å². The summed E-state index contributed by atoms with van der Waals surface area (Å²) in [6, 6.07) is 0. The lowest BCUT2D eigenvalue weighted by atomic mass is 9.47. The van der Waals surface area contributed by atoms with Gasteiger partial charge in [-0.15, -0.1) is 0 Å². The molecule has 0 spiro atoms. The predicted octanol–water partition coefficient (Wildman–Crippen LogP) is 14.0. The van der Waals surface area contributed by atoms with Crippen molar-refractivity contribution in [2.75, 3.05) is 20.0 Å². The zero-order chi connectivity index (χ0) is 58.2. The maximum atomic E-state index is 12.8. The highest BCUT2D eigenvalue weighted by atomic mass is 16.7. The molecule has 1 N–H and O–H groups in total. The number of rotatable bonds is 19. The minimum atomic E-state index is -0.687. The predicted molar refractivity (Wildman–Crippen MR) is 304 cm³/mol. The molecular weight excluding hydrogens is 1000 g/mol. The van der Waals surface area contributed by atoms with Gasteiger partial charge in [-0.2, -0.15) is 0 Å². The van der Waals surface area contributed by atoms with Crippen molar-refractivity contribution in [3.63, 3.8) is 0 Å². The number of aliphatic hydroxyl groups is 1. The van der Waals surface area contributed by atoms with Gasteiger partial charge in [0.05, 0.1) is 39.5 Å². The number of hydrogen-bond acceptors (Lipinski definition) is 13. The Morgan fingerprint density at radius 2 is 0.962 bits per heavy atom. The maximum Gasteiger partial charge on any atom is 0.347 e. The fraction of sp³-hybridized carbons (Fsp3) is 0.924. The first-order valence-electron chi connectivity index (χ1n) is 31.9. The quantitative estimate of drug-likeness (QED) is 0.0561. The first-order valence-corrected chi connectivity index (χ1v) is 31.9. The van der Waals surface area contributed by atoms with Crippen LogP contribution in [0.5, 0.6) is 0 Å². The molecule has 13 fully saturated rings. The Morgan fingerprint density at radius 1 is 0.557 bits per heavy atom. The highest BCUT2D eigenvalue weighted by Crippen LogP contribution is 2.64. The monoisotopic (exact) mass is 1110 g/mol. The van der Waals surface area contributed by atoms with Crippen LogP contribution < -0.4 is 0 Å². The van der Waals surface area contributed by atoms with Gasteiger partial charge < -0.3 is 38.3 Å². The van der Waals surface area contributed by atoms with Crippen molar-refractivity contribution < 1.29 is 62.2 Å². The first-order chi connectivity index (χ1) is 36.8. The number of cyclic esters (lactones) is 1. The van der Waals surface area contributed by atoms with Gasteiger partial charge in [-0.1, -0.05) is 54.9 Å². The molecule has 13 rings (SSSR count). The SMILES string of the molecule is CCC(C)(C)C(=O)OC1(C(C)C)C2CC3CC(C2)CC1C3.CCC(C)(C)C(=O)OC12CC3CC(CC(O)(C3)C1)C2.CCC(C)(C)C(=O)OC1CCOC1=O.CCCCOCOC12CC3CC(C1)CC(OC(=O)C(C)(C)CC)(C3)C2. The van der Waals surface area contributed by atoms with Crippen molar-refractivity contribution in [3.05, 3.63) is 0 Å². The second-order valence-electron chi connectivity index (χ2n) is 30.5. The normalized spacial score (nSPS) is 37.2. The number of hydrogen-bond donors (Lipinski definition) is 1. The third-order valence-corrected chi connectivity index (χ3v) is 22.1. The van der Waals surface area contributed by atoms with Gasteiger partial charge in [-0.05, 0) is 237 Å². The molecule has 0 radical (unpaired) electrons. The Bertz CT molecular complexity index is 2080. The molecule has 0 aromatic heterocycles. The summed E-state index contributed by atoms with van der Waals surface area (Å²) in [5, 5.41) is 10.6. The van der Waals surface area contributed by atoms with E-state index in [9.17, 15) is 29.1 Å². The lowest BCUT2D eigenvalue weighted by Gasteiger charge is -2.62. The van der Waals surface area contributed by atoms with Gasteiger partial charge in [-0.3, -0.25) is 19.2 Å². The third-order valence-electron chi connectivity index (χ3n) is 22.1. The zero-order valence-corrected chi connectivity index (χ0v) is 52.2. The van der Waals surface area contributed by atoms with Gasteiger partial charge in [0, 0.05) is 25.9 Å². The molecular formula is C66H110O13. The summed E-state index contributed by atoms with van der Waals surface area (Å²) in [5.41, 5.74) is -3.20. The van der Waals surface area contributed by atoms with E-state index in [0.29, 0.717) is 74.1 Å². The van der Waals surface area contributed by atoms with E-state index in [-0.39, 0.29) is 51.7 Å². The fourth-order valence-electron chi connectivity index (χ4n) is 16.7. The summed E-state index contributed by atoms with van der Waals surface area (Å²) in [6.07, 6.45) is 23.8. The van der Waals surface area contributed by atoms with E-state index in [1.54, 1.807) is 13.8 Å². The van der Waals surface area contributed by atoms with Gasteiger partial charge in [-0.25, -0.2) is 4.79 Å². The second-order valence-corrected chi connectivity index (χ2v) is 30.5. The molecule has 13 nitrogen and oxygen atoms in total. The van der Waals surface area contributed by atoms with Crippen LogP contribution in [0.15, 0.2) is 0 Å². The molecule has 12 saturated carbocycles. The summed E-state index contributed by atoms with van der Waals surface area (Å²) < 4.78 is 40.3. The Hall–Kier alpha value is -2.77. The van der Waals surface area contributed by atoms with Crippen LogP contribution in [0.25, 0.3) is 0 Å². The van der Waals surface area contributed by atoms with Crippen molar-refractivity contribution in [2.45, 2.75) is 292 Å². The summed E-state index contributed by atoms with van der Waals surface area (Å²) in [7, 11) is 0. The number of ether oxygens (including phenoxy) is 7. The lowest BCUT2D eigenvalue weighted by molar-refractivity contribution is -0.257. The Kier molecular flexibility index (Phi) is 19.7. The van der Waals surface area contributed by atoms with E-state index >= 15 is 0 Å². The molecule has 452 valence electrons. The van der Waals surface area contributed by atoms with Crippen LogP contribution in [0.1, 0.15) is 258 Å². The van der Waals surface area contributed by atoms with E-state index in [0.717, 1.165) is 108 Å². The molecule has 0 aromatic carbocycles. The zero-order valence-electron chi connectivity index (χ0n) is 52.2. The van der Waals surface area contributed by atoms with Crippen molar-refractivity contribution in [3.8, 4) is 0 Å². The van der Waals surface area contributed by atoms with Gasteiger partial charge in [0.2, 0.25) is 6.10 Å². The van der Waals surface area contributed by atoms with Crippen molar-refractivity contribution in [2.24, 2.45) is 74.9 Å². The van der Waals surface area contributed by atoms with Gasteiger partial charge in [0.1, 0.15) is 23.6 Å². The van der Waals surface area contributed by atoms with Crippen LogP contribution >= 0.6 is 0 Å². The summed E-state index contributed by atoms with van der Waals surface area (Å²) in [6.45, 7) is 31.8. The Morgan fingerprint density at radius 3 is 1.37 bits per heavy atom. The second kappa shape index (κ2) is 24.4. The van der Waals surface area contributed by atoms with Crippen molar-refractivity contribution in [1.29, 1.82) is 0 Å². The maximum absolute atomic E-state index is 12.8. The summed E-state index contributed by atoms with van der Waals surface area (Å²) >= 11 is 0. The summed E-state index contributed by atoms with van der Waals surface area (Å²) in [5.74, 6) is 5.04. The van der Waals surface area contributed by atoms with E-state index < -0.39 is 33.9 Å². The number of esters is 5. The van der Waals surface area contributed by atoms with Gasteiger partial charge >= 0.3 is 29.8 Å². The fourth-order valence-corrected chi connectivity index (χ4v) is 16.7. The Balaban J connectivity index is 0.000000155. The van der Waals surface area contributed by atoms with Crippen LogP contribution in [0.4, 0.5) is 0 Å². The first kappa shape index (κ1) is 63.8. The molecule has 12 aliphatic carbocycles. The molecule has 12 bridgehead atoms. The molecule has 0 aromatic rings. The standard InChI is InChI=1S/C21H36O4.C19H32O2.C16H26O3.C10H16O4/c1-5-7-8-23-15-24-20-10-16-9-17(11-20)13-21(12-16,14-20)25-18(22)19(3,4)6-2;1-6-18(4,5)17(20)21-19(12(2)3)15-8-13-7-14(10-15)11-16(19)9-13;1-4-14(2,3)13(17)19-16-8-11-5-12(9-16)7-15(18,6-11)10-16;1-4-10(2,3)9(12)14-7-5-6-13-8(7)11/h16-17H,5-15H2,1-4H3;12-16H,6-11H2,1-5H3;11-12,18H,4-10H2,1-3H3;7H,4-6H2,1-3H3. The largest absolute Gasteiger partial charge is 0.463 e. The lowest BCUT2D eigenvalue weighted by Crippen LogP contribution is -2.63. The summed E-state index contributed by atoms with van der Waals surface area (Å²) in [4.78, 5) is 60.5. The molecule has 5 atom stereocenters. The molecule has 1 aliphatic heterocycles. The van der Waals surface area contributed by atoms with E-state index in [1.807, 2.05) is 55.4 Å². The average Bonchev–Trinajstić information content (AvgIpc) is 3.77. The van der Waals surface area contributed by atoms with Crippen molar-refractivity contribution in [1.82, 2.24) is 0 Å². The molecule has 13 aliphatic rings. The van der Waals surface area contributed by atoms with E-state index in [2.05, 4.69) is 34.6 Å². The molecule has 13 heteroatoms. The number of unbranched alkanes of at least 4 members (excludes halogenated alkanes) is 1. The van der Waals surface area contributed by atoms with Crippen LogP contribution in [-0.4, -0.2) is 89.1 Å². The van der Waals surface area contributed by atoms with Gasteiger partial charge in [0.15, 0.2) is 0 Å². The molecule has 1 saturated heterocycles. The van der Waals surface area contributed by atoms with Crippen LogP contribution in [0.3, 0.4) is 0 Å². The average molecular weight is 1110 g/mol. The topological polar surface area (TPSA) is 170 Å². The number of carbonyl (C=O) groups excluding carboxylic acids is 5. The Labute approximate surface area is 477 Å². The molecule has 79 heavy (non-hydrogen) atoms. The van der Waals surface area contributed by atoms with Crippen LogP contribution in [0, 0.1) is 74.9 Å². The molecule has 0 amide bonds. The van der Waals surface area contributed by atoms with Crippen LogP contribution in [-0.2, 0) is 57.1 Å².